The van der Waals surface area contributed by atoms with Gasteiger partial charge in [0.2, 0.25) is 17.2 Å². The molecule has 0 saturated carbocycles. The lowest BCUT2D eigenvalue weighted by Crippen LogP contribution is -2.05. The zero-order valence-electron chi connectivity index (χ0n) is 15.1. The van der Waals surface area contributed by atoms with Crippen LogP contribution in [0.1, 0.15) is 5.56 Å². The van der Waals surface area contributed by atoms with Gasteiger partial charge in [0.05, 0.1) is 9.79 Å². The zero-order valence-corrected chi connectivity index (χ0v) is 17.5. The second-order valence-electron chi connectivity index (χ2n) is 5.96. The fourth-order valence-electron chi connectivity index (χ4n) is 2.45. The van der Waals surface area contributed by atoms with Crippen LogP contribution in [0, 0.1) is 6.92 Å². The number of rotatable bonds is 6. The molecule has 0 spiro atoms. The van der Waals surface area contributed by atoms with E-state index in [1.165, 1.54) is 49.4 Å². The molecule has 0 atom stereocenters. The van der Waals surface area contributed by atoms with E-state index in [1.807, 2.05) is 0 Å². The van der Waals surface area contributed by atoms with E-state index >= 15 is 0 Å². The Morgan fingerprint density at radius 2 is 1.33 bits per heavy atom. The van der Waals surface area contributed by atoms with E-state index in [2.05, 4.69) is 25.6 Å². The van der Waals surface area contributed by atoms with Crippen molar-refractivity contribution in [2.45, 2.75) is 16.7 Å². The number of halogens is 1. The minimum atomic E-state index is -4.34. The average Bonchev–Trinajstić information content (AvgIpc) is 2.60. The van der Waals surface area contributed by atoms with Gasteiger partial charge in [0.15, 0.2) is 0 Å². The minimum absolute atomic E-state index is 0.0448. The van der Waals surface area contributed by atoms with Crippen molar-refractivity contribution in [3.63, 3.8) is 0 Å². The van der Waals surface area contributed by atoms with Crippen LogP contribution in [0.2, 0.25) is 5.28 Å². The predicted octanol–water partition coefficient (Wildman–Crippen LogP) is 2.81. The molecule has 0 bridgehead atoms. The highest BCUT2D eigenvalue weighted by atomic mass is 35.5. The Labute approximate surface area is 176 Å². The molecule has 0 fully saturated rings. The molecule has 0 aliphatic rings. The van der Waals surface area contributed by atoms with Crippen molar-refractivity contribution in [1.29, 1.82) is 0 Å². The van der Waals surface area contributed by atoms with Crippen molar-refractivity contribution in [3.05, 3.63) is 53.3 Å². The molecule has 30 heavy (non-hydrogen) atoms. The van der Waals surface area contributed by atoms with Crippen LogP contribution in [0.5, 0.6) is 0 Å². The standard InChI is InChI=1S/C16H14ClN5O6S2/c1-9-8-11(4-7-13(9)30(26,27)28)19-16-21-14(17)20-15(22-16)18-10-2-5-12(6-3-10)29(23,24)25/h2-8H,1H3,(H,23,24,25)(H,26,27,28)(H2,18,19,20,21,22). The number of nitrogens with zero attached hydrogens (tertiary/aromatic N) is 3. The number of nitrogens with one attached hydrogen (secondary N) is 2. The van der Waals surface area contributed by atoms with Crippen molar-refractivity contribution in [2.75, 3.05) is 10.6 Å². The van der Waals surface area contributed by atoms with Gasteiger partial charge in [0.1, 0.15) is 0 Å². The molecule has 0 aliphatic carbocycles. The topological polar surface area (TPSA) is 171 Å². The summed E-state index contributed by atoms with van der Waals surface area (Å²) in [4.78, 5) is 11.5. The van der Waals surface area contributed by atoms with E-state index in [4.69, 9.17) is 16.2 Å². The molecule has 0 amide bonds. The van der Waals surface area contributed by atoms with Crippen LogP contribution in [0.3, 0.4) is 0 Å². The predicted molar refractivity (Wildman–Crippen MR) is 109 cm³/mol. The number of hydrogen-bond acceptors (Lipinski definition) is 9. The van der Waals surface area contributed by atoms with Crippen molar-refractivity contribution < 1.29 is 25.9 Å². The second kappa shape index (κ2) is 8.12. The number of anilines is 4. The van der Waals surface area contributed by atoms with Crippen molar-refractivity contribution in [1.82, 2.24) is 15.0 Å². The summed E-state index contributed by atoms with van der Waals surface area (Å²) in [7, 11) is -8.65. The molecule has 14 heteroatoms. The average molecular weight is 472 g/mol. The van der Waals surface area contributed by atoms with Crippen LogP contribution in [0.25, 0.3) is 0 Å². The largest absolute Gasteiger partial charge is 0.324 e. The summed E-state index contributed by atoms with van der Waals surface area (Å²) >= 11 is 5.92. The van der Waals surface area contributed by atoms with Gasteiger partial charge in [-0.05, 0) is 66.6 Å². The smallest absolute Gasteiger partial charge is 0.294 e. The maximum absolute atomic E-state index is 11.3. The quantitative estimate of drug-likeness (QED) is 0.389. The van der Waals surface area contributed by atoms with Crippen molar-refractivity contribution in [2.24, 2.45) is 0 Å². The Morgan fingerprint density at radius 1 is 0.800 bits per heavy atom. The first-order valence-electron chi connectivity index (χ1n) is 8.03. The number of aromatic nitrogens is 3. The minimum Gasteiger partial charge on any atom is -0.324 e. The molecule has 0 saturated heterocycles. The summed E-state index contributed by atoms with van der Waals surface area (Å²) in [6.45, 7) is 1.51. The van der Waals surface area contributed by atoms with Gasteiger partial charge in [-0.15, -0.1) is 0 Å². The lowest BCUT2D eigenvalue weighted by atomic mass is 10.2. The van der Waals surface area contributed by atoms with E-state index in [-0.39, 0.29) is 27.0 Å². The molecule has 158 valence electrons. The lowest BCUT2D eigenvalue weighted by molar-refractivity contribution is 0.480. The fraction of sp³-hybridized carbons (Fsp3) is 0.0625. The summed E-state index contributed by atoms with van der Waals surface area (Å²) < 4.78 is 63.0. The summed E-state index contributed by atoms with van der Waals surface area (Å²) in [5.74, 6) is 0.0921. The number of benzene rings is 2. The first-order chi connectivity index (χ1) is 13.9. The summed E-state index contributed by atoms with van der Waals surface area (Å²) in [5, 5.41) is 5.52. The normalized spacial score (nSPS) is 11.9. The van der Waals surface area contributed by atoms with E-state index in [1.54, 1.807) is 0 Å². The molecule has 1 aromatic heterocycles. The monoisotopic (exact) mass is 471 g/mol. The molecule has 0 unspecified atom stereocenters. The van der Waals surface area contributed by atoms with Gasteiger partial charge in [-0.25, -0.2) is 0 Å². The van der Waals surface area contributed by atoms with E-state index in [0.717, 1.165) is 0 Å². The first-order valence-corrected chi connectivity index (χ1v) is 11.3. The number of hydrogen-bond donors (Lipinski definition) is 4. The summed E-state index contributed by atoms with van der Waals surface area (Å²) in [5.41, 5.74) is 1.16. The van der Waals surface area contributed by atoms with Crippen LogP contribution in [-0.4, -0.2) is 40.9 Å². The van der Waals surface area contributed by atoms with Gasteiger partial charge in [-0.3, -0.25) is 9.11 Å². The van der Waals surface area contributed by atoms with Crippen LogP contribution in [0.4, 0.5) is 23.3 Å². The van der Waals surface area contributed by atoms with Crippen LogP contribution in [-0.2, 0) is 20.2 Å². The lowest BCUT2D eigenvalue weighted by Gasteiger charge is -2.10. The molecule has 11 nitrogen and oxygen atoms in total. The fourth-order valence-corrected chi connectivity index (χ4v) is 3.79. The third-order valence-electron chi connectivity index (χ3n) is 3.73. The second-order valence-corrected chi connectivity index (χ2v) is 9.11. The van der Waals surface area contributed by atoms with Crippen LogP contribution < -0.4 is 10.6 Å². The maximum Gasteiger partial charge on any atom is 0.294 e. The Balaban J connectivity index is 1.83. The van der Waals surface area contributed by atoms with Crippen molar-refractivity contribution in [3.8, 4) is 0 Å². The highest BCUT2D eigenvalue weighted by Crippen LogP contribution is 2.23. The maximum atomic E-state index is 11.3. The van der Waals surface area contributed by atoms with Gasteiger partial charge in [-0.2, -0.15) is 31.8 Å². The molecule has 0 radical (unpaired) electrons. The van der Waals surface area contributed by atoms with Gasteiger partial charge >= 0.3 is 0 Å². The molecule has 1 heterocycles. The highest BCUT2D eigenvalue weighted by Gasteiger charge is 2.14. The van der Waals surface area contributed by atoms with E-state index in [9.17, 15) is 21.4 Å². The SMILES string of the molecule is Cc1cc(Nc2nc(Cl)nc(Nc3ccc(S(=O)(=O)O)cc3)n2)ccc1S(=O)(=O)O. The van der Waals surface area contributed by atoms with Crippen LogP contribution >= 0.6 is 11.6 Å². The Hall–Kier alpha value is -2.84. The molecule has 0 aliphatic heterocycles. The number of aryl methyl sites for hydroxylation is 1. The zero-order chi connectivity index (χ0) is 22.1. The summed E-state index contributed by atoms with van der Waals surface area (Å²) in [6.07, 6.45) is 0. The molecular formula is C16H14ClN5O6S2. The molecule has 3 rings (SSSR count). The third kappa shape index (κ3) is 5.40. The van der Waals surface area contributed by atoms with E-state index < -0.39 is 20.2 Å². The Morgan fingerprint density at radius 3 is 1.83 bits per heavy atom. The summed E-state index contributed by atoms with van der Waals surface area (Å²) in [6, 6.07) is 9.29. The van der Waals surface area contributed by atoms with Crippen LogP contribution in [0.15, 0.2) is 52.3 Å². The first kappa shape index (κ1) is 21.9. The molecule has 3 aromatic rings. The Kier molecular flexibility index (Phi) is 5.92. The Bertz CT molecular complexity index is 1310. The third-order valence-corrected chi connectivity index (χ3v) is 5.78. The molecule has 2 aromatic carbocycles. The van der Waals surface area contributed by atoms with Gasteiger partial charge in [-0.1, -0.05) is 0 Å². The van der Waals surface area contributed by atoms with Gasteiger partial charge in [0.25, 0.3) is 20.2 Å². The van der Waals surface area contributed by atoms with E-state index in [0.29, 0.717) is 16.9 Å². The highest BCUT2D eigenvalue weighted by molar-refractivity contribution is 7.86. The molecule has 4 N–H and O–H groups in total. The van der Waals surface area contributed by atoms with Crippen molar-refractivity contribution >= 4 is 55.1 Å². The molecular weight excluding hydrogens is 458 g/mol. The van der Waals surface area contributed by atoms with Gasteiger partial charge in [0, 0.05) is 11.4 Å². The van der Waals surface area contributed by atoms with Gasteiger partial charge < -0.3 is 10.6 Å².